The van der Waals surface area contributed by atoms with Gasteiger partial charge in [-0.2, -0.15) is 0 Å². The van der Waals surface area contributed by atoms with Crippen molar-refractivity contribution in [2.45, 2.75) is 38.0 Å². The third-order valence-electron chi connectivity index (χ3n) is 4.41. The number of benzene rings is 2. The summed E-state index contributed by atoms with van der Waals surface area (Å²) in [5.74, 6) is 0.888. The molecular formula is C19H20O. The highest BCUT2D eigenvalue weighted by Crippen LogP contribution is 2.39. The van der Waals surface area contributed by atoms with E-state index in [4.69, 9.17) is 0 Å². The number of carbonyl (C=O) groups is 1. The summed E-state index contributed by atoms with van der Waals surface area (Å²) in [5, 5.41) is 0. The standard InChI is InChI=1S/C19H20O/c1-2-17(14-8-4-3-5-9-14)19(20)13-16-12-15-10-6-7-11-18(15)16/h3-11,16-17H,2,12-13H2,1H3. The number of fused-ring (bicyclic) bond motifs is 1. The number of rotatable bonds is 5. The summed E-state index contributed by atoms with van der Waals surface area (Å²) in [4.78, 5) is 12.6. The van der Waals surface area contributed by atoms with Gasteiger partial charge in [0, 0.05) is 12.3 Å². The van der Waals surface area contributed by atoms with Crippen molar-refractivity contribution in [2.75, 3.05) is 0 Å². The molecular weight excluding hydrogens is 244 g/mol. The third-order valence-corrected chi connectivity index (χ3v) is 4.41. The Bertz CT molecular complexity index is 600. The molecule has 0 spiro atoms. The molecule has 1 nitrogen and oxygen atoms in total. The van der Waals surface area contributed by atoms with Crippen molar-refractivity contribution in [3.8, 4) is 0 Å². The van der Waals surface area contributed by atoms with Gasteiger partial charge in [0.05, 0.1) is 0 Å². The molecule has 1 aliphatic carbocycles. The highest BCUT2D eigenvalue weighted by molar-refractivity contribution is 5.86. The largest absolute Gasteiger partial charge is 0.299 e. The first kappa shape index (κ1) is 13.1. The van der Waals surface area contributed by atoms with Gasteiger partial charge in [-0.05, 0) is 35.4 Å². The van der Waals surface area contributed by atoms with E-state index in [2.05, 4.69) is 43.3 Å². The first-order valence-electron chi connectivity index (χ1n) is 7.45. The third kappa shape index (κ3) is 2.40. The van der Waals surface area contributed by atoms with E-state index < -0.39 is 0 Å². The highest BCUT2D eigenvalue weighted by atomic mass is 16.1. The highest BCUT2D eigenvalue weighted by Gasteiger charge is 2.30. The summed E-state index contributed by atoms with van der Waals surface area (Å²) < 4.78 is 0. The Morgan fingerprint density at radius 1 is 1.10 bits per heavy atom. The lowest BCUT2D eigenvalue weighted by Crippen LogP contribution is -2.23. The van der Waals surface area contributed by atoms with Crippen molar-refractivity contribution in [1.29, 1.82) is 0 Å². The molecule has 0 radical (unpaired) electrons. The van der Waals surface area contributed by atoms with Crippen LogP contribution in [0, 0.1) is 0 Å². The van der Waals surface area contributed by atoms with Crippen LogP contribution in [0.5, 0.6) is 0 Å². The molecule has 0 bridgehead atoms. The predicted octanol–water partition coefficient (Wildman–Crippen LogP) is 4.48. The Balaban J connectivity index is 1.71. The van der Waals surface area contributed by atoms with E-state index in [1.807, 2.05) is 18.2 Å². The first-order chi connectivity index (χ1) is 9.79. The molecule has 20 heavy (non-hydrogen) atoms. The second-order valence-corrected chi connectivity index (χ2v) is 5.64. The lowest BCUT2D eigenvalue weighted by Gasteiger charge is -2.30. The van der Waals surface area contributed by atoms with Crippen molar-refractivity contribution in [2.24, 2.45) is 0 Å². The summed E-state index contributed by atoms with van der Waals surface area (Å²) in [5.41, 5.74) is 3.95. The second kappa shape index (κ2) is 5.62. The smallest absolute Gasteiger partial charge is 0.140 e. The predicted molar refractivity (Wildman–Crippen MR) is 82.0 cm³/mol. The van der Waals surface area contributed by atoms with Gasteiger partial charge in [-0.3, -0.25) is 4.79 Å². The van der Waals surface area contributed by atoms with Gasteiger partial charge < -0.3 is 0 Å². The fourth-order valence-electron chi connectivity index (χ4n) is 3.26. The Morgan fingerprint density at radius 2 is 1.80 bits per heavy atom. The molecule has 0 saturated heterocycles. The molecule has 0 aromatic heterocycles. The zero-order valence-electron chi connectivity index (χ0n) is 11.9. The van der Waals surface area contributed by atoms with Crippen LogP contribution >= 0.6 is 0 Å². The van der Waals surface area contributed by atoms with Crippen LogP contribution < -0.4 is 0 Å². The van der Waals surface area contributed by atoms with Crippen molar-refractivity contribution >= 4 is 5.78 Å². The monoisotopic (exact) mass is 264 g/mol. The van der Waals surface area contributed by atoms with Gasteiger partial charge in [-0.15, -0.1) is 0 Å². The van der Waals surface area contributed by atoms with Gasteiger partial charge in [0.15, 0.2) is 0 Å². The van der Waals surface area contributed by atoms with E-state index >= 15 is 0 Å². The summed E-state index contributed by atoms with van der Waals surface area (Å²) in [6.45, 7) is 2.10. The van der Waals surface area contributed by atoms with Crippen LogP contribution in [0.4, 0.5) is 0 Å². The molecule has 0 saturated carbocycles. The number of hydrogen-bond donors (Lipinski definition) is 0. The van der Waals surface area contributed by atoms with E-state index in [0.717, 1.165) is 18.4 Å². The molecule has 2 aromatic rings. The maximum absolute atomic E-state index is 12.6. The molecule has 102 valence electrons. The second-order valence-electron chi connectivity index (χ2n) is 5.64. The van der Waals surface area contributed by atoms with Crippen LogP contribution in [0.2, 0.25) is 0 Å². The Morgan fingerprint density at radius 3 is 2.50 bits per heavy atom. The van der Waals surface area contributed by atoms with E-state index in [9.17, 15) is 4.79 Å². The van der Waals surface area contributed by atoms with Crippen LogP contribution in [0.15, 0.2) is 54.6 Å². The van der Waals surface area contributed by atoms with Gasteiger partial charge in [0.25, 0.3) is 0 Å². The van der Waals surface area contributed by atoms with Crippen LogP contribution in [0.1, 0.15) is 48.3 Å². The topological polar surface area (TPSA) is 17.1 Å². The Kier molecular flexibility index (Phi) is 3.68. The van der Waals surface area contributed by atoms with Gasteiger partial charge in [0.1, 0.15) is 5.78 Å². The maximum atomic E-state index is 12.6. The van der Waals surface area contributed by atoms with Crippen LogP contribution in [-0.2, 0) is 11.2 Å². The molecule has 2 aromatic carbocycles. The van der Waals surface area contributed by atoms with Crippen molar-refractivity contribution < 1.29 is 4.79 Å². The molecule has 0 N–H and O–H groups in total. The summed E-state index contributed by atoms with van der Waals surface area (Å²) >= 11 is 0. The SMILES string of the molecule is CCC(C(=O)CC1Cc2ccccc21)c1ccccc1. The molecule has 2 unspecified atom stereocenters. The molecule has 0 fully saturated rings. The molecule has 0 amide bonds. The molecule has 1 aliphatic rings. The van der Waals surface area contributed by atoms with Crippen molar-refractivity contribution in [3.05, 3.63) is 71.3 Å². The number of carbonyl (C=O) groups excluding carboxylic acids is 1. The molecule has 3 rings (SSSR count). The molecule has 2 atom stereocenters. The summed E-state index contributed by atoms with van der Waals surface area (Å²) in [7, 11) is 0. The number of ketones is 1. The summed E-state index contributed by atoms with van der Waals surface area (Å²) in [6.07, 6.45) is 2.63. The normalized spacial score (nSPS) is 17.9. The maximum Gasteiger partial charge on any atom is 0.140 e. The fourth-order valence-corrected chi connectivity index (χ4v) is 3.26. The quantitative estimate of drug-likeness (QED) is 0.778. The minimum Gasteiger partial charge on any atom is -0.299 e. The van der Waals surface area contributed by atoms with E-state index in [1.54, 1.807) is 0 Å². The van der Waals surface area contributed by atoms with Crippen LogP contribution in [-0.4, -0.2) is 5.78 Å². The minimum absolute atomic E-state index is 0.0592. The van der Waals surface area contributed by atoms with E-state index in [0.29, 0.717) is 18.1 Å². The average Bonchev–Trinajstić information content (AvgIpc) is 2.47. The molecule has 1 heteroatoms. The molecule has 0 aliphatic heterocycles. The zero-order valence-corrected chi connectivity index (χ0v) is 11.9. The van der Waals surface area contributed by atoms with Gasteiger partial charge in [-0.25, -0.2) is 0 Å². The Hall–Kier alpha value is -1.89. The average molecular weight is 264 g/mol. The van der Waals surface area contributed by atoms with Crippen LogP contribution in [0.25, 0.3) is 0 Å². The van der Waals surface area contributed by atoms with Crippen molar-refractivity contribution in [3.63, 3.8) is 0 Å². The lowest BCUT2D eigenvalue weighted by atomic mass is 9.73. The first-order valence-corrected chi connectivity index (χ1v) is 7.45. The zero-order chi connectivity index (χ0) is 13.9. The van der Waals surface area contributed by atoms with E-state index in [1.165, 1.54) is 11.1 Å². The van der Waals surface area contributed by atoms with Crippen LogP contribution in [0.3, 0.4) is 0 Å². The molecule has 0 heterocycles. The minimum atomic E-state index is 0.0592. The lowest BCUT2D eigenvalue weighted by molar-refractivity contribution is -0.121. The fraction of sp³-hybridized carbons (Fsp3) is 0.316. The van der Waals surface area contributed by atoms with Gasteiger partial charge >= 0.3 is 0 Å². The van der Waals surface area contributed by atoms with Crippen molar-refractivity contribution in [1.82, 2.24) is 0 Å². The number of Topliss-reactive ketones (excluding diaryl/α,β-unsaturated/α-hetero) is 1. The Labute approximate surface area is 120 Å². The van der Waals surface area contributed by atoms with Gasteiger partial charge in [-0.1, -0.05) is 61.5 Å². The number of hydrogen-bond acceptors (Lipinski definition) is 1. The summed E-state index contributed by atoms with van der Waals surface area (Å²) in [6, 6.07) is 18.7. The van der Waals surface area contributed by atoms with E-state index in [-0.39, 0.29) is 5.92 Å². The van der Waals surface area contributed by atoms with Gasteiger partial charge in [0.2, 0.25) is 0 Å².